The SMILES string of the molecule is CCSc1nnc(NC(=O)C[C@H]2SC(=O)NC2=O)s1. The molecule has 0 unspecified atom stereocenters. The maximum absolute atomic E-state index is 11.7. The zero-order chi connectivity index (χ0) is 13.8. The summed E-state index contributed by atoms with van der Waals surface area (Å²) in [6.07, 6.45) is -0.0575. The van der Waals surface area contributed by atoms with Crippen LogP contribution in [0.2, 0.25) is 0 Å². The first-order valence-corrected chi connectivity index (χ1v) is 8.04. The lowest BCUT2D eigenvalue weighted by atomic mass is 10.3. The van der Waals surface area contributed by atoms with Crippen molar-refractivity contribution in [2.45, 2.75) is 22.9 Å². The van der Waals surface area contributed by atoms with Crippen LogP contribution in [-0.2, 0) is 9.59 Å². The van der Waals surface area contributed by atoms with E-state index in [-0.39, 0.29) is 12.3 Å². The summed E-state index contributed by atoms with van der Waals surface area (Å²) in [6, 6.07) is 0. The number of hydrogen-bond acceptors (Lipinski definition) is 8. The van der Waals surface area contributed by atoms with Gasteiger partial charge in [-0.1, -0.05) is 41.8 Å². The number of hydrogen-bond donors (Lipinski definition) is 2. The zero-order valence-corrected chi connectivity index (χ0v) is 12.3. The molecule has 3 amide bonds. The minimum Gasteiger partial charge on any atom is -0.300 e. The highest BCUT2D eigenvalue weighted by molar-refractivity contribution is 8.15. The summed E-state index contributed by atoms with van der Waals surface area (Å²) in [7, 11) is 0. The first-order chi connectivity index (χ1) is 9.08. The van der Waals surface area contributed by atoms with Gasteiger partial charge < -0.3 is 5.32 Å². The number of imide groups is 1. The number of nitrogens with zero attached hydrogens (tertiary/aromatic N) is 2. The molecule has 2 rings (SSSR count). The second-order valence-electron chi connectivity index (χ2n) is 3.44. The zero-order valence-electron chi connectivity index (χ0n) is 9.84. The Hall–Kier alpha value is -1.13. The first kappa shape index (κ1) is 14.3. The summed E-state index contributed by atoms with van der Waals surface area (Å²) in [5.41, 5.74) is 0. The van der Waals surface area contributed by atoms with Gasteiger partial charge in [0.1, 0.15) is 5.25 Å². The predicted octanol–water partition coefficient (Wildman–Crippen LogP) is 1.33. The fourth-order valence-electron chi connectivity index (χ4n) is 1.31. The molecular formula is C9H10N4O3S3. The molecule has 7 nitrogen and oxygen atoms in total. The van der Waals surface area contributed by atoms with E-state index in [9.17, 15) is 14.4 Å². The van der Waals surface area contributed by atoms with E-state index < -0.39 is 16.4 Å². The third kappa shape index (κ3) is 3.91. The highest BCUT2D eigenvalue weighted by Crippen LogP contribution is 2.26. The smallest absolute Gasteiger partial charge is 0.286 e. The predicted molar refractivity (Wildman–Crippen MR) is 74.5 cm³/mol. The number of thioether (sulfide) groups is 2. The molecule has 1 aromatic rings. The van der Waals surface area contributed by atoms with Crippen LogP contribution in [0.1, 0.15) is 13.3 Å². The van der Waals surface area contributed by atoms with Gasteiger partial charge in [0.25, 0.3) is 5.24 Å². The van der Waals surface area contributed by atoms with E-state index in [2.05, 4.69) is 20.8 Å². The van der Waals surface area contributed by atoms with E-state index in [1.807, 2.05) is 6.92 Å². The van der Waals surface area contributed by atoms with Gasteiger partial charge in [-0.15, -0.1) is 10.2 Å². The minimum absolute atomic E-state index is 0.0575. The van der Waals surface area contributed by atoms with Crippen LogP contribution < -0.4 is 10.6 Å². The average Bonchev–Trinajstić information content (AvgIpc) is 2.87. The molecule has 1 aromatic heterocycles. The second-order valence-corrected chi connectivity index (χ2v) is 7.11. The summed E-state index contributed by atoms with van der Waals surface area (Å²) < 4.78 is 0.779. The summed E-state index contributed by atoms with van der Waals surface area (Å²) in [5.74, 6) is 0.0972. The van der Waals surface area contributed by atoms with Crippen molar-refractivity contribution in [1.82, 2.24) is 15.5 Å². The van der Waals surface area contributed by atoms with Crippen molar-refractivity contribution >= 4 is 57.0 Å². The quantitative estimate of drug-likeness (QED) is 0.624. The van der Waals surface area contributed by atoms with Crippen LogP contribution in [0.15, 0.2) is 4.34 Å². The maximum atomic E-state index is 11.7. The first-order valence-electron chi connectivity index (χ1n) is 5.36. The number of nitrogens with one attached hydrogen (secondary N) is 2. The fraction of sp³-hybridized carbons (Fsp3) is 0.444. The van der Waals surface area contributed by atoms with Crippen molar-refractivity contribution in [2.75, 3.05) is 11.1 Å². The van der Waals surface area contributed by atoms with Gasteiger partial charge in [-0.2, -0.15) is 0 Å². The topological polar surface area (TPSA) is 101 Å². The summed E-state index contributed by atoms with van der Waals surface area (Å²) >= 11 is 3.65. The number of rotatable bonds is 5. The molecule has 1 saturated heterocycles. The van der Waals surface area contributed by atoms with Gasteiger partial charge in [-0.25, -0.2) is 0 Å². The normalized spacial score (nSPS) is 18.5. The molecule has 0 radical (unpaired) electrons. The molecular weight excluding hydrogens is 308 g/mol. The van der Waals surface area contributed by atoms with Crippen LogP contribution in [0.5, 0.6) is 0 Å². The molecule has 1 atom stereocenters. The minimum atomic E-state index is -0.662. The van der Waals surface area contributed by atoms with Gasteiger partial charge in [0.05, 0.1) is 0 Å². The van der Waals surface area contributed by atoms with Crippen molar-refractivity contribution < 1.29 is 14.4 Å². The summed E-state index contributed by atoms with van der Waals surface area (Å²) in [6.45, 7) is 2.00. The van der Waals surface area contributed by atoms with Crippen molar-refractivity contribution in [3.05, 3.63) is 0 Å². The van der Waals surface area contributed by atoms with E-state index >= 15 is 0 Å². The molecule has 1 aliphatic heterocycles. The van der Waals surface area contributed by atoms with Gasteiger partial charge in [-0.05, 0) is 5.75 Å². The summed E-state index contributed by atoms with van der Waals surface area (Å²) in [4.78, 5) is 34.0. The van der Waals surface area contributed by atoms with Crippen molar-refractivity contribution in [3.8, 4) is 0 Å². The molecule has 0 spiro atoms. The van der Waals surface area contributed by atoms with Gasteiger partial charge in [0.15, 0.2) is 4.34 Å². The molecule has 2 N–H and O–H groups in total. The molecule has 10 heteroatoms. The third-order valence-corrected chi connectivity index (χ3v) is 4.89. The Morgan fingerprint density at radius 3 is 2.89 bits per heavy atom. The second kappa shape index (κ2) is 6.35. The number of amides is 3. The lowest BCUT2D eigenvalue weighted by Crippen LogP contribution is -2.27. The molecule has 102 valence electrons. The van der Waals surface area contributed by atoms with Crippen molar-refractivity contribution in [1.29, 1.82) is 0 Å². The number of aromatic nitrogens is 2. The van der Waals surface area contributed by atoms with E-state index in [4.69, 9.17) is 0 Å². The highest BCUT2D eigenvalue weighted by atomic mass is 32.2. The van der Waals surface area contributed by atoms with Gasteiger partial charge in [0.2, 0.25) is 16.9 Å². The Labute approximate surface area is 121 Å². The van der Waals surface area contributed by atoms with Crippen LogP contribution >= 0.6 is 34.9 Å². The largest absolute Gasteiger partial charge is 0.300 e. The molecule has 0 aromatic carbocycles. The molecule has 1 aliphatic rings. The lowest BCUT2D eigenvalue weighted by molar-refractivity contribution is -0.122. The Morgan fingerprint density at radius 1 is 1.47 bits per heavy atom. The number of carbonyl (C=O) groups is 3. The Bertz CT molecular complexity index is 519. The lowest BCUT2D eigenvalue weighted by Gasteiger charge is -2.03. The van der Waals surface area contributed by atoms with Crippen LogP contribution in [0, 0.1) is 0 Å². The van der Waals surface area contributed by atoms with Gasteiger partial charge in [0, 0.05) is 6.42 Å². The van der Waals surface area contributed by atoms with Crippen molar-refractivity contribution in [2.24, 2.45) is 0 Å². The molecule has 0 saturated carbocycles. The fourth-order valence-corrected chi connectivity index (χ4v) is 3.79. The standard InChI is InChI=1S/C9H10N4O3S3/c1-2-17-9-13-12-7(19-9)10-5(14)3-4-6(15)11-8(16)18-4/h4H,2-3H2,1H3,(H,10,12,14)(H,11,15,16)/t4-/m1/s1. The Kier molecular flexibility index (Phi) is 4.77. The Balaban J connectivity index is 1.86. The highest BCUT2D eigenvalue weighted by Gasteiger charge is 2.33. The number of carbonyl (C=O) groups excluding carboxylic acids is 3. The van der Waals surface area contributed by atoms with Crippen LogP contribution in [0.3, 0.4) is 0 Å². The van der Waals surface area contributed by atoms with Crippen LogP contribution in [-0.4, -0.2) is 38.3 Å². The van der Waals surface area contributed by atoms with Crippen molar-refractivity contribution in [3.63, 3.8) is 0 Å². The van der Waals surface area contributed by atoms with E-state index in [0.717, 1.165) is 21.9 Å². The van der Waals surface area contributed by atoms with Crippen LogP contribution in [0.4, 0.5) is 9.93 Å². The molecule has 2 heterocycles. The average molecular weight is 318 g/mol. The van der Waals surface area contributed by atoms with E-state index in [0.29, 0.717) is 5.13 Å². The summed E-state index contributed by atoms with van der Waals surface area (Å²) in [5, 5.41) is 11.7. The molecule has 0 aliphatic carbocycles. The van der Waals surface area contributed by atoms with Crippen LogP contribution in [0.25, 0.3) is 0 Å². The van der Waals surface area contributed by atoms with E-state index in [1.54, 1.807) is 0 Å². The molecule has 19 heavy (non-hydrogen) atoms. The number of anilines is 1. The molecule has 1 fully saturated rings. The van der Waals surface area contributed by atoms with Gasteiger partial charge in [-0.3, -0.25) is 19.7 Å². The monoisotopic (exact) mass is 318 g/mol. The molecule has 0 bridgehead atoms. The maximum Gasteiger partial charge on any atom is 0.286 e. The third-order valence-electron chi connectivity index (χ3n) is 2.06. The Morgan fingerprint density at radius 2 is 2.26 bits per heavy atom. The van der Waals surface area contributed by atoms with E-state index in [1.165, 1.54) is 23.1 Å². The van der Waals surface area contributed by atoms with Gasteiger partial charge >= 0.3 is 0 Å².